The van der Waals surface area contributed by atoms with E-state index in [0.29, 0.717) is 12.1 Å². The van der Waals surface area contributed by atoms with E-state index in [1.54, 1.807) is 11.3 Å². The molecule has 0 spiro atoms. The third-order valence-corrected chi connectivity index (χ3v) is 6.11. The van der Waals surface area contributed by atoms with E-state index in [-0.39, 0.29) is 0 Å². The zero-order chi connectivity index (χ0) is 14.2. The smallest absolute Gasteiger partial charge is 0.0798 e. The van der Waals surface area contributed by atoms with Crippen molar-refractivity contribution in [1.29, 1.82) is 0 Å². The summed E-state index contributed by atoms with van der Waals surface area (Å²) in [5, 5.41) is 0. The Morgan fingerprint density at radius 3 is 3.00 bits per heavy atom. The van der Waals surface area contributed by atoms with Crippen molar-refractivity contribution in [3.05, 3.63) is 16.1 Å². The van der Waals surface area contributed by atoms with Gasteiger partial charge in [0, 0.05) is 43.6 Å². The van der Waals surface area contributed by atoms with Gasteiger partial charge in [0.25, 0.3) is 0 Å². The third-order valence-electron chi connectivity index (χ3n) is 5.19. The van der Waals surface area contributed by atoms with Gasteiger partial charge in [-0.05, 0) is 32.1 Å². The van der Waals surface area contributed by atoms with Gasteiger partial charge in [0.15, 0.2) is 0 Å². The lowest BCUT2D eigenvalue weighted by atomic mass is 9.98. The molecule has 0 aromatic carbocycles. The van der Waals surface area contributed by atoms with Gasteiger partial charge in [-0.15, -0.1) is 11.3 Å². The van der Waals surface area contributed by atoms with E-state index < -0.39 is 0 Å². The Kier molecular flexibility index (Phi) is 4.00. The molecule has 3 heterocycles. The molecule has 116 valence electrons. The molecular formula is C16H25N3OS. The van der Waals surface area contributed by atoms with Crippen molar-refractivity contribution >= 4 is 11.3 Å². The number of morpholine rings is 1. The number of rotatable bonds is 4. The van der Waals surface area contributed by atoms with Crippen molar-refractivity contribution < 1.29 is 4.74 Å². The first-order valence-corrected chi connectivity index (χ1v) is 9.14. The molecular weight excluding hydrogens is 282 g/mol. The summed E-state index contributed by atoms with van der Waals surface area (Å²) in [4.78, 5) is 11.1. The van der Waals surface area contributed by atoms with E-state index in [1.807, 2.05) is 5.51 Å². The SMILES string of the molecule is Cc1ncsc1CN1CC[C@H]2OCCN(CC3CC3)[C@@H]2C1. The van der Waals surface area contributed by atoms with Gasteiger partial charge in [0.2, 0.25) is 0 Å². The largest absolute Gasteiger partial charge is 0.375 e. The number of thiazole rings is 1. The van der Waals surface area contributed by atoms with E-state index in [4.69, 9.17) is 4.74 Å². The molecule has 3 fully saturated rings. The highest BCUT2D eigenvalue weighted by molar-refractivity contribution is 7.09. The van der Waals surface area contributed by atoms with Crippen LogP contribution in [0.25, 0.3) is 0 Å². The monoisotopic (exact) mass is 307 g/mol. The second kappa shape index (κ2) is 5.95. The number of piperidine rings is 1. The van der Waals surface area contributed by atoms with Crippen LogP contribution in [-0.4, -0.2) is 59.7 Å². The van der Waals surface area contributed by atoms with Gasteiger partial charge in [-0.25, -0.2) is 4.98 Å². The van der Waals surface area contributed by atoms with Crippen molar-refractivity contribution in [1.82, 2.24) is 14.8 Å². The predicted molar refractivity (Wildman–Crippen MR) is 84.6 cm³/mol. The average molecular weight is 307 g/mol. The maximum absolute atomic E-state index is 6.04. The summed E-state index contributed by atoms with van der Waals surface area (Å²) in [7, 11) is 0. The second-order valence-electron chi connectivity index (χ2n) is 6.80. The molecule has 21 heavy (non-hydrogen) atoms. The maximum Gasteiger partial charge on any atom is 0.0798 e. The molecule has 1 aromatic heterocycles. The number of likely N-dealkylation sites (tertiary alicyclic amines) is 1. The fourth-order valence-corrected chi connectivity index (χ4v) is 4.51. The van der Waals surface area contributed by atoms with Crippen LogP contribution in [0.5, 0.6) is 0 Å². The van der Waals surface area contributed by atoms with Crippen LogP contribution in [0.2, 0.25) is 0 Å². The van der Waals surface area contributed by atoms with Gasteiger partial charge in [-0.1, -0.05) is 0 Å². The van der Waals surface area contributed by atoms with Crippen LogP contribution in [0.15, 0.2) is 5.51 Å². The zero-order valence-corrected chi connectivity index (χ0v) is 13.6. The first-order chi connectivity index (χ1) is 10.3. The number of hydrogen-bond acceptors (Lipinski definition) is 5. The van der Waals surface area contributed by atoms with Crippen LogP contribution in [-0.2, 0) is 11.3 Å². The van der Waals surface area contributed by atoms with Crippen LogP contribution in [0.1, 0.15) is 29.8 Å². The van der Waals surface area contributed by atoms with Crippen molar-refractivity contribution in [2.75, 3.05) is 32.8 Å². The molecule has 4 nitrogen and oxygen atoms in total. The molecule has 1 aromatic rings. The number of nitrogens with zero attached hydrogens (tertiary/aromatic N) is 3. The molecule has 0 amide bonds. The molecule has 0 N–H and O–H groups in total. The molecule has 4 rings (SSSR count). The normalized spacial score (nSPS) is 31.3. The standard InChI is InChI=1S/C16H25N3OS/c1-12-16(21-11-17-12)10-18-5-4-15-14(9-18)19(6-7-20-15)8-13-2-3-13/h11,13-15H,2-10H2,1H3/t14-,15-/m1/s1. The number of aryl methyl sites for hydroxylation is 1. The van der Waals surface area contributed by atoms with Gasteiger partial charge in [-0.3, -0.25) is 9.80 Å². The maximum atomic E-state index is 6.04. The minimum absolute atomic E-state index is 0.469. The van der Waals surface area contributed by atoms with E-state index in [0.717, 1.165) is 38.7 Å². The Hall–Kier alpha value is -0.490. The van der Waals surface area contributed by atoms with Gasteiger partial charge in [0.05, 0.1) is 23.9 Å². The number of ether oxygens (including phenoxy) is 1. The average Bonchev–Trinajstić information content (AvgIpc) is 3.22. The molecule has 0 bridgehead atoms. The summed E-state index contributed by atoms with van der Waals surface area (Å²) in [6.07, 6.45) is 4.54. The van der Waals surface area contributed by atoms with Crippen LogP contribution in [0, 0.1) is 12.8 Å². The minimum Gasteiger partial charge on any atom is -0.375 e. The Balaban J connectivity index is 1.41. The van der Waals surface area contributed by atoms with Gasteiger partial charge in [-0.2, -0.15) is 0 Å². The predicted octanol–water partition coefficient (Wildman–Crippen LogP) is 2.14. The topological polar surface area (TPSA) is 28.6 Å². The Morgan fingerprint density at radius 1 is 1.33 bits per heavy atom. The molecule has 1 saturated carbocycles. The van der Waals surface area contributed by atoms with Gasteiger partial charge >= 0.3 is 0 Å². The van der Waals surface area contributed by atoms with Crippen LogP contribution in [0.3, 0.4) is 0 Å². The van der Waals surface area contributed by atoms with E-state index in [9.17, 15) is 0 Å². The molecule has 5 heteroatoms. The number of aromatic nitrogens is 1. The summed E-state index contributed by atoms with van der Waals surface area (Å²) in [5.74, 6) is 0.975. The number of fused-ring (bicyclic) bond motifs is 1. The van der Waals surface area contributed by atoms with Gasteiger partial charge in [0.1, 0.15) is 0 Å². The highest BCUT2D eigenvalue weighted by Gasteiger charge is 2.39. The molecule has 0 unspecified atom stereocenters. The van der Waals surface area contributed by atoms with E-state index in [1.165, 1.54) is 36.4 Å². The highest BCUT2D eigenvalue weighted by atomic mass is 32.1. The Labute approximate surface area is 131 Å². The molecule has 2 aliphatic heterocycles. The molecule has 2 atom stereocenters. The van der Waals surface area contributed by atoms with Crippen LogP contribution < -0.4 is 0 Å². The molecule has 1 aliphatic carbocycles. The van der Waals surface area contributed by atoms with E-state index >= 15 is 0 Å². The van der Waals surface area contributed by atoms with Crippen molar-refractivity contribution in [3.63, 3.8) is 0 Å². The Bertz CT molecular complexity index is 488. The third kappa shape index (κ3) is 3.16. The zero-order valence-electron chi connectivity index (χ0n) is 12.8. The van der Waals surface area contributed by atoms with E-state index in [2.05, 4.69) is 21.7 Å². The molecule has 3 aliphatic rings. The van der Waals surface area contributed by atoms with Crippen molar-refractivity contribution in [2.45, 2.75) is 44.9 Å². The van der Waals surface area contributed by atoms with Crippen molar-refractivity contribution in [2.24, 2.45) is 5.92 Å². The quantitative estimate of drug-likeness (QED) is 0.852. The Morgan fingerprint density at radius 2 is 2.24 bits per heavy atom. The second-order valence-corrected chi connectivity index (χ2v) is 7.74. The summed E-state index contributed by atoms with van der Waals surface area (Å²) in [6.45, 7) is 8.88. The summed E-state index contributed by atoms with van der Waals surface area (Å²) in [5.41, 5.74) is 3.18. The summed E-state index contributed by atoms with van der Waals surface area (Å²) < 4.78 is 6.04. The first kappa shape index (κ1) is 14.1. The lowest BCUT2D eigenvalue weighted by molar-refractivity contribution is -0.105. The first-order valence-electron chi connectivity index (χ1n) is 8.26. The molecule has 2 saturated heterocycles. The minimum atomic E-state index is 0.469. The summed E-state index contributed by atoms with van der Waals surface area (Å²) >= 11 is 1.80. The summed E-state index contributed by atoms with van der Waals surface area (Å²) in [6, 6.07) is 0.612. The fraction of sp³-hybridized carbons (Fsp3) is 0.812. The highest BCUT2D eigenvalue weighted by Crippen LogP contribution is 2.33. The number of hydrogen-bond donors (Lipinski definition) is 0. The lowest BCUT2D eigenvalue weighted by Gasteiger charge is -2.47. The van der Waals surface area contributed by atoms with Gasteiger partial charge < -0.3 is 4.74 Å². The lowest BCUT2D eigenvalue weighted by Crippen LogP contribution is -2.60. The van der Waals surface area contributed by atoms with Crippen LogP contribution in [0.4, 0.5) is 0 Å². The molecule has 0 radical (unpaired) electrons. The van der Waals surface area contributed by atoms with Crippen molar-refractivity contribution in [3.8, 4) is 0 Å². The fourth-order valence-electron chi connectivity index (χ4n) is 3.69. The van der Waals surface area contributed by atoms with Crippen LogP contribution >= 0.6 is 11.3 Å².